The van der Waals surface area contributed by atoms with Gasteiger partial charge in [-0.3, -0.25) is 0 Å². The maximum absolute atomic E-state index is 11.6. The highest BCUT2D eigenvalue weighted by Crippen LogP contribution is 2.15. The van der Waals surface area contributed by atoms with Crippen LogP contribution in [0.3, 0.4) is 0 Å². The molecule has 0 aromatic heterocycles. The van der Waals surface area contributed by atoms with Gasteiger partial charge in [-0.15, -0.1) is 0 Å². The minimum absolute atomic E-state index is 0.159. The van der Waals surface area contributed by atoms with Crippen LogP contribution in [0.25, 0.3) is 0 Å². The number of methoxy groups -OCH3 is 1. The van der Waals surface area contributed by atoms with Crippen LogP contribution in [-0.4, -0.2) is 32.4 Å². The van der Waals surface area contributed by atoms with E-state index >= 15 is 0 Å². The van der Waals surface area contributed by atoms with Crippen LogP contribution in [-0.2, 0) is 4.74 Å². The molecule has 2 amide bonds. The molecule has 1 aliphatic rings. The molecule has 18 heavy (non-hydrogen) atoms. The van der Waals surface area contributed by atoms with Gasteiger partial charge in [0.25, 0.3) is 0 Å². The minimum atomic E-state index is -0.212. The van der Waals surface area contributed by atoms with Crippen molar-refractivity contribution in [1.82, 2.24) is 5.32 Å². The van der Waals surface area contributed by atoms with Crippen molar-refractivity contribution in [2.75, 3.05) is 25.6 Å². The Labute approximate surface area is 106 Å². The summed E-state index contributed by atoms with van der Waals surface area (Å²) in [6, 6.07) is 6.98. The summed E-state index contributed by atoms with van der Waals surface area (Å²) in [5.41, 5.74) is 0.737. The van der Waals surface area contributed by atoms with Gasteiger partial charge < -0.3 is 20.1 Å². The second-order valence-electron chi connectivity index (χ2n) is 4.20. The van der Waals surface area contributed by atoms with E-state index < -0.39 is 0 Å². The maximum atomic E-state index is 11.6. The zero-order valence-corrected chi connectivity index (χ0v) is 10.4. The van der Waals surface area contributed by atoms with Gasteiger partial charge in [0, 0.05) is 18.8 Å². The van der Waals surface area contributed by atoms with Gasteiger partial charge in [-0.1, -0.05) is 0 Å². The molecule has 0 bridgehead atoms. The second-order valence-corrected chi connectivity index (χ2v) is 4.20. The third-order valence-corrected chi connectivity index (χ3v) is 2.86. The predicted molar refractivity (Wildman–Crippen MR) is 69.0 cm³/mol. The molecular formula is C13H18N2O3. The summed E-state index contributed by atoms with van der Waals surface area (Å²) in [5, 5.41) is 5.55. The molecule has 1 atom stereocenters. The van der Waals surface area contributed by atoms with E-state index in [2.05, 4.69) is 10.6 Å². The van der Waals surface area contributed by atoms with Crippen molar-refractivity contribution in [3.63, 3.8) is 0 Å². The van der Waals surface area contributed by atoms with Crippen molar-refractivity contribution < 1.29 is 14.3 Å². The zero-order valence-electron chi connectivity index (χ0n) is 10.4. The van der Waals surface area contributed by atoms with Gasteiger partial charge in [0.2, 0.25) is 0 Å². The molecule has 0 saturated carbocycles. The number of hydrogen-bond donors (Lipinski definition) is 2. The summed E-state index contributed by atoms with van der Waals surface area (Å²) in [5.74, 6) is 0.764. The number of anilines is 1. The van der Waals surface area contributed by atoms with Gasteiger partial charge in [0.1, 0.15) is 5.75 Å². The number of rotatable bonds is 4. The third-order valence-electron chi connectivity index (χ3n) is 2.86. The van der Waals surface area contributed by atoms with E-state index in [0.29, 0.717) is 6.54 Å². The first kappa shape index (κ1) is 12.7. The van der Waals surface area contributed by atoms with Gasteiger partial charge in [0.15, 0.2) is 0 Å². The van der Waals surface area contributed by atoms with Crippen LogP contribution in [0.15, 0.2) is 24.3 Å². The van der Waals surface area contributed by atoms with Crippen molar-refractivity contribution in [2.24, 2.45) is 0 Å². The van der Waals surface area contributed by atoms with E-state index in [4.69, 9.17) is 9.47 Å². The molecule has 1 aromatic carbocycles. The maximum Gasteiger partial charge on any atom is 0.319 e. The van der Waals surface area contributed by atoms with Gasteiger partial charge >= 0.3 is 6.03 Å². The van der Waals surface area contributed by atoms with Gasteiger partial charge in [-0.2, -0.15) is 0 Å². The smallest absolute Gasteiger partial charge is 0.319 e. The fourth-order valence-corrected chi connectivity index (χ4v) is 1.86. The summed E-state index contributed by atoms with van der Waals surface area (Å²) < 4.78 is 10.5. The SMILES string of the molecule is COc1ccc(NC(=O)NC[C@@H]2CCCO2)cc1. The molecule has 0 radical (unpaired) electrons. The number of hydrogen-bond acceptors (Lipinski definition) is 3. The molecule has 1 saturated heterocycles. The van der Waals surface area contributed by atoms with Gasteiger partial charge in [-0.05, 0) is 37.1 Å². The second kappa shape index (κ2) is 6.26. The molecule has 0 aliphatic carbocycles. The summed E-state index contributed by atoms with van der Waals surface area (Å²) in [4.78, 5) is 11.6. The van der Waals surface area contributed by atoms with Crippen LogP contribution in [0.1, 0.15) is 12.8 Å². The summed E-state index contributed by atoms with van der Waals surface area (Å²) in [7, 11) is 1.61. The van der Waals surface area contributed by atoms with Crippen LogP contribution < -0.4 is 15.4 Å². The molecule has 2 N–H and O–H groups in total. The average molecular weight is 250 g/mol. The normalized spacial score (nSPS) is 18.4. The molecule has 1 aromatic rings. The summed E-state index contributed by atoms with van der Waals surface area (Å²) in [6.07, 6.45) is 2.25. The van der Waals surface area contributed by atoms with Crippen LogP contribution in [0.4, 0.5) is 10.5 Å². The molecule has 98 valence electrons. The van der Waals surface area contributed by atoms with E-state index in [1.54, 1.807) is 31.4 Å². The van der Waals surface area contributed by atoms with Crippen molar-refractivity contribution in [2.45, 2.75) is 18.9 Å². The standard InChI is InChI=1S/C13H18N2O3/c1-17-11-6-4-10(5-7-11)15-13(16)14-9-12-3-2-8-18-12/h4-7,12H,2-3,8-9H2,1H3,(H2,14,15,16)/t12-/m0/s1. The lowest BCUT2D eigenvalue weighted by atomic mass is 10.2. The summed E-state index contributed by atoms with van der Waals surface area (Å²) >= 11 is 0. The molecule has 2 rings (SSSR count). The highest BCUT2D eigenvalue weighted by Gasteiger charge is 2.15. The number of nitrogens with one attached hydrogen (secondary N) is 2. The predicted octanol–water partition coefficient (Wildman–Crippen LogP) is 2.00. The van der Waals surface area contributed by atoms with Crippen molar-refractivity contribution in [3.8, 4) is 5.75 Å². The van der Waals surface area contributed by atoms with Crippen LogP contribution >= 0.6 is 0 Å². The first-order chi connectivity index (χ1) is 8.78. The molecular weight excluding hydrogens is 232 g/mol. The van der Waals surface area contributed by atoms with Crippen LogP contribution in [0.5, 0.6) is 5.75 Å². The molecule has 5 heteroatoms. The minimum Gasteiger partial charge on any atom is -0.497 e. The number of carbonyl (C=O) groups excluding carboxylic acids is 1. The number of benzene rings is 1. The van der Waals surface area contributed by atoms with E-state index in [0.717, 1.165) is 30.9 Å². The number of urea groups is 1. The Hall–Kier alpha value is -1.75. The van der Waals surface area contributed by atoms with Crippen molar-refractivity contribution >= 4 is 11.7 Å². The van der Waals surface area contributed by atoms with Crippen molar-refractivity contribution in [1.29, 1.82) is 0 Å². The lowest BCUT2D eigenvalue weighted by Gasteiger charge is -2.11. The third kappa shape index (κ3) is 3.63. The Kier molecular flexibility index (Phi) is 4.41. The van der Waals surface area contributed by atoms with Gasteiger partial charge in [-0.25, -0.2) is 4.79 Å². The fourth-order valence-electron chi connectivity index (χ4n) is 1.86. The topological polar surface area (TPSA) is 59.6 Å². The first-order valence-electron chi connectivity index (χ1n) is 6.08. The Morgan fingerprint density at radius 3 is 2.83 bits per heavy atom. The van der Waals surface area contributed by atoms with E-state index in [-0.39, 0.29) is 12.1 Å². The number of ether oxygens (including phenoxy) is 2. The van der Waals surface area contributed by atoms with E-state index in [1.165, 1.54) is 0 Å². The number of carbonyl (C=O) groups is 1. The Morgan fingerprint density at radius 2 is 2.22 bits per heavy atom. The highest BCUT2D eigenvalue weighted by atomic mass is 16.5. The lowest BCUT2D eigenvalue weighted by Crippen LogP contribution is -2.34. The molecule has 5 nitrogen and oxygen atoms in total. The Balaban J connectivity index is 1.75. The summed E-state index contributed by atoms with van der Waals surface area (Å²) in [6.45, 7) is 1.36. The van der Waals surface area contributed by atoms with E-state index in [9.17, 15) is 4.79 Å². The largest absolute Gasteiger partial charge is 0.497 e. The van der Waals surface area contributed by atoms with E-state index in [1.807, 2.05) is 0 Å². The van der Waals surface area contributed by atoms with Crippen LogP contribution in [0, 0.1) is 0 Å². The Bertz CT molecular complexity index is 386. The quantitative estimate of drug-likeness (QED) is 0.859. The Morgan fingerprint density at radius 1 is 1.44 bits per heavy atom. The lowest BCUT2D eigenvalue weighted by molar-refractivity contribution is 0.112. The zero-order chi connectivity index (χ0) is 12.8. The van der Waals surface area contributed by atoms with Crippen molar-refractivity contribution in [3.05, 3.63) is 24.3 Å². The molecule has 0 spiro atoms. The van der Waals surface area contributed by atoms with Crippen LogP contribution in [0.2, 0.25) is 0 Å². The number of amides is 2. The average Bonchev–Trinajstić information content (AvgIpc) is 2.90. The van der Waals surface area contributed by atoms with Gasteiger partial charge in [0.05, 0.1) is 13.2 Å². The molecule has 1 aliphatic heterocycles. The first-order valence-corrected chi connectivity index (χ1v) is 6.08. The highest BCUT2D eigenvalue weighted by molar-refractivity contribution is 5.89. The molecule has 1 heterocycles. The monoisotopic (exact) mass is 250 g/mol. The fraction of sp³-hybridized carbons (Fsp3) is 0.462. The molecule has 0 unspecified atom stereocenters. The molecule has 1 fully saturated rings.